The minimum absolute atomic E-state index is 0. The fourth-order valence-electron chi connectivity index (χ4n) is 0.382. The Morgan fingerprint density at radius 3 is 1.33 bits per heavy atom. The summed E-state index contributed by atoms with van der Waals surface area (Å²) in [4.78, 5) is 3.56. The second kappa shape index (κ2) is 13.3. The summed E-state index contributed by atoms with van der Waals surface area (Å²) in [5.41, 5.74) is 1.00. The second-order valence-electron chi connectivity index (χ2n) is 7.42. The van der Waals surface area contributed by atoms with E-state index in [9.17, 15) is 0 Å². The molecule has 2 aromatic rings. The maximum Gasteiger partial charge on any atom is 0.137 e. The average molecular weight is 297 g/mol. The van der Waals surface area contributed by atoms with Gasteiger partial charge in [-0.1, -0.05) is 62.8 Å². The highest BCUT2D eigenvalue weighted by atomic mass is 15.2. The van der Waals surface area contributed by atoms with Crippen molar-refractivity contribution in [3.63, 3.8) is 0 Å². The molecule has 0 aliphatic carbocycles. The topological polar surface area (TPSA) is 70.2 Å². The molecule has 0 atom stereocenters. The first-order valence-corrected chi connectivity index (χ1v) is 6.72. The van der Waals surface area contributed by atoms with E-state index in [1.807, 2.05) is 6.07 Å². The molecule has 0 spiro atoms. The molecule has 0 radical (unpaired) electrons. The first-order chi connectivity index (χ1) is 9.00. The van der Waals surface area contributed by atoms with Crippen molar-refractivity contribution in [2.45, 2.75) is 62.8 Å². The van der Waals surface area contributed by atoms with E-state index < -0.39 is 0 Å². The molecule has 0 saturated heterocycles. The molecule has 0 bridgehead atoms. The molecule has 0 aromatic carbocycles. The SMILES string of the molecule is C.CC(C)(C)C.CC(C)(C)C.c1cn[nH]c1.c1nc[nH]n1. The van der Waals surface area contributed by atoms with Crippen LogP contribution in [0.4, 0.5) is 0 Å². The predicted octanol–water partition coefficient (Wildman–Crippen LogP) is 4.96. The number of H-pyrrole nitrogens is 2. The summed E-state index contributed by atoms with van der Waals surface area (Å²) in [6, 6.07) is 1.83. The van der Waals surface area contributed by atoms with Crippen LogP contribution in [-0.2, 0) is 0 Å². The van der Waals surface area contributed by atoms with E-state index in [2.05, 4.69) is 80.8 Å². The molecular formula is C16H35N5. The Morgan fingerprint density at radius 1 is 0.762 bits per heavy atom. The van der Waals surface area contributed by atoms with Crippen molar-refractivity contribution in [3.8, 4) is 0 Å². The molecule has 0 aliphatic rings. The average Bonchev–Trinajstić information content (AvgIpc) is 2.92. The normalized spacial score (nSPS) is 9.52. The van der Waals surface area contributed by atoms with Gasteiger partial charge in [0.15, 0.2) is 0 Å². The van der Waals surface area contributed by atoms with Crippen molar-refractivity contribution in [1.82, 2.24) is 25.4 Å². The zero-order chi connectivity index (χ0) is 16.1. The zero-order valence-electron chi connectivity index (χ0n) is 14.2. The molecule has 2 rings (SSSR count). The van der Waals surface area contributed by atoms with Crippen LogP contribution in [0, 0.1) is 10.8 Å². The lowest BCUT2D eigenvalue weighted by molar-refractivity contribution is 0.469. The van der Waals surface area contributed by atoms with Crippen LogP contribution in [0.1, 0.15) is 62.8 Å². The van der Waals surface area contributed by atoms with Gasteiger partial charge in [-0.25, -0.2) is 4.98 Å². The fraction of sp³-hybridized carbons (Fsp3) is 0.688. The van der Waals surface area contributed by atoms with Crippen molar-refractivity contribution >= 4 is 0 Å². The van der Waals surface area contributed by atoms with Crippen LogP contribution >= 0.6 is 0 Å². The van der Waals surface area contributed by atoms with Gasteiger partial charge in [0.25, 0.3) is 0 Å². The number of hydrogen-bond acceptors (Lipinski definition) is 3. The number of nitrogens with one attached hydrogen (secondary N) is 2. The predicted molar refractivity (Wildman–Crippen MR) is 92.0 cm³/mol. The summed E-state index contributed by atoms with van der Waals surface area (Å²) in [6.07, 6.45) is 6.42. The van der Waals surface area contributed by atoms with Gasteiger partial charge >= 0.3 is 0 Å². The Bertz CT molecular complexity index is 268. The quantitative estimate of drug-likeness (QED) is 0.722. The first-order valence-electron chi connectivity index (χ1n) is 6.72. The first kappa shape index (κ1) is 24.4. The standard InChI is InChI=1S/2C5H12.C3H4N2.C2H3N3.CH4/c2*1-5(2,3)4;1-2-4-5-3-1;1-3-2-5-4-1;/h2*1-4H3;1-3H,(H,4,5);1-2H,(H,3,4,5);1H4. The summed E-state index contributed by atoms with van der Waals surface area (Å²) in [6.45, 7) is 17.5. The Labute approximate surface area is 131 Å². The molecule has 2 heterocycles. The van der Waals surface area contributed by atoms with Crippen molar-refractivity contribution in [1.29, 1.82) is 0 Å². The van der Waals surface area contributed by atoms with Crippen LogP contribution in [0.2, 0.25) is 0 Å². The van der Waals surface area contributed by atoms with E-state index in [-0.39, 0.29) is 7.43 Å². The van der Waals surface area contributed by atoms with Gasteiger partial charge in [-0.15, -0.1) is 0 Å². The Balaban J connectivity index is -0.000000202. The number of aromatic nitrogens is 5. The lowest BCUT2D eigenvalue weighted by Crippen LogP contribution is -1.93. The van der Waals surface area contributed by atoms with Gasteiger partial charge in [0.1, 0.15) is 12.7 Å². The Kier molecular flexibility index (Phi) is 15.5. The maximum atomic E-state index is 3.60. The molecule has 2 N–H and O–H groups in total. The van der Waals surface area contributed by atoms with Crippen molar-refractivity contribution in [2.75, 3.05) is 0 Å². The monoisotopic (exact) mass is 297 g/mol. The van der Waals surface area contributed by atoms with Gasteiger partial charge in [-0.05, 0) is 16.9 Å². The van der Waals surface area contributed by atoms with Crippen LogP contribution in [-0.4, -0.2) is 25.4 Å². The third kappa shape index (κ3) is 70.4. The van der Waals surface area contributed by atoms with E-state index in [4.69, 9.17) is 0 Å². The van der Waals surface area contributed by atoms with Gasteiger partial charge in [0.2, 0.25) is 0 Å². The van der Waals surface area contributed by atoms with Crippen molar-refractivity contribution < 1.29 is 0 Å². The van der Waals surface area contributed by atoms with Crippen LogP contribution in [0.25, 0.3) is 0 Å². The molecule has 5 nitrogen and oxygen atoms in total. The Hall–Kier alpha value is -1.65. The van der Waals surface area contributed by atoms with Crippen LogP contribution in [0.3, 0.4) is 0 Å². The number of nitrogens with zero attached hydrogens (tertiary/aromatic N) is 3. The molecule has 124 valence electrons. The van der Waals surface area contributed by atoms with E-state index in [0.717, 1.165) is 0 Å². The summed E-state index contributed by atoms with van der Waals surface area (Å²) in [5.74, 6) is 0. The maximum absolute atomic E-state index is 3.60. The molecule has 21 heavy (non-hydrogen) atoms. The van der Waals surface area contributed by atoms with E-state index in [1.165, 1.54) is 12.7 Å². The smallest absolute Gasteiger partial charge is 0.137 e. The highest BCUT2D eigenvalue weighted by Crippen LogP contribution is 2.08. The minimum atomic E-state index is 0. The molecule has 0 unspecified atom stereocenters. The Morgan fingerprint density at radius 2 is 1.24 bits per heavy atom. The molecule has 0 saturated carbocycles. The molecule has 5 heteroatoms. The van der Waals surface area contributed by atoms with Gasteiger partial charge in [-0.3, -0.25) is 10.2 Å². The molecular weight excluding hydrogens is 262 g/mol. The summed E-state index contributed by atoms with van der Waals surface area (Å²) >= 11 is 0. The van der Waals surface area contributed by atoms with E-state index in [1.54, 1.807) is 12.4 Å². The lowest BCUT2D eigenvalue weighted by atomic mass is 10.0. The van der Waals surface area contributed by atoms with Gasteiger partial charge < -0.3 is 0 Å². The summed E-state index contributed by atoms with van der Waals surface area (Å²) in [5, 5.41) is 12.2. The number of rotatable bonds is 0. The highest BCUT2D eigenvalue weighted by Gasteiger charge is 1.96. The van der Waals surface area contributed by atoms with E-state index in [0.29, 0.717) is 10.8 Å². The van der Waals surface area contributed by atoms with Crippen molar-refractivity contribution in [3.05, 3.63) is 31.1 Å². The van der Waals surface area contributed by atoms with Crippen LogP contribution < -0.4 is 0 Å². The summed E-state index contributed by atoms with van der Waals surface area (Å²) < 4.78 is 0. The number of aromatic amines is 2. The van der Waals surface area contributed by atoms with Crippen LogP contribution in [0.15, 0.2) is 31.1 Å². The number of hydrogen-bond donors (Lipinski definition) is 2. The minimum Gasteiger partial charge on any atom is -0.286 e. The van der Waals surface area contributed by atoms with Gasteiger partial charge in [0, 0.05) is 12.4 Å². The van der Waals surface area contributed by atoms with Crippen molar-refractivity contribution in [2.24, 2.45) is 10.8 Å². The largest absolute Gasteiger partial charge is 0.286 e. The third-order valence-corrected chi connectivity index (χ3v) is 0.737. The fourth-order valence-corrected chi connectivity index (χ4v) is 0.382. The van der Waals surface area contributed by atoms with Crippen LogP contribution in [0.5, 0.6) is 0 Å². The molecule has 0 amide bonds. The molecule has 2 aromatic heterocycles. The van der Waals surface area contributed by atoms with Gasteiger partial charge in [0.05, 0.1) is 0 Å². The van der Waals surface area contributed by atoms with E-state index >= 15 is 0 Å². The zero-order valence-corrected chi connectivity index (χ0v) is 14.2. The molecule has 0 fully saturated rings. The lowest BCUT2D eigenvalue weighted by Gasteiger charge is -2.05. The molecule has 0 aliphatic heterocycles. The van der Waals surface area contributed by atoms with Gasteiger partial charge in [-0.2, -0.15) is 10.2 Å². The third-order valence-electron chi connectivity index (χ3n) is 0.737. The second-order valence-corrected chi connectivity index (χ2v) is 7.42. The highest BCUT2D eigenvalue weighted by molar-refractivity contribution is 4.72. The summed E-state index contributed by atoms with van der Waals surface area (Å²) in [7, 11) is 0.